The highest BCUT2D eigenvalue weighted by molar-refractivity contribution is 5.78. The molecule has 0 aromatic rings. The van der Waals surface area contributed by atoms with Crippen molar-refractivity contribution < 1.29 is 9.90 Å². The van der Waals surface area contributed by atoms with Crippen LogP contribution in [0.15, 0.2) is 0 Å². The van der Waals surface area contributed by atoms with E-state index in [9.17, 15) is 4.79 Å². The molecule has 3 unspecified atom stereocenters. The smallest absolute Gasteiger partial charge is 0.223 e. The molecule has 1 fully saturated rings. The molecule has 1 rings (SSSR count). The average molecular weight is 213 g/mol. The third kappa shape index (κ3) is 3.20. The Morgan fingerprint density at radius 3 is 2.67 bits per heavy atom. The van der Waals surface area contributed by atoms with Crippen LogP contribution >= 0.6 is 0 Å². The standard InChI is InChI=1S/C12H23NO2/c1-4-9(2)5-10(3)13-7-11(8-14)6-12(13)15/h9-11,14H,4-8H2,1-3H3. The first-order chi connectivity index (χ1) is 7.08. The second-order valence-corrected chi connectivity index (χ2v) is 4.90. The van der Waals surface area contributed by atoms with Gasteiger partial charge in [-0.25, -0.2) is 0 Å². The molecule has 1 amide bonds. The number of rotatable bonds is 5. The Labute approximate surface area is 92.5 Å². The fraction of sp³-hybridized carbons (Fsp3) is 0.917. The van der Waals surface area contributed by atoms with Gasteiger partial charge in [0.05, 0.1) is 0 Å². The summed E-state index contributed by atoms with van der Waals surface area (Å²) >= 11 is 0. The van der Waals surface area contributed by atoms with Crippen LogP contribution in [0, 0.1) is 11.8 Å². The van der Waals surface area contributed by atoms with E-state index in [1.165, 1.54) is 0 Å². The van der Waals surface area contributed by atoms with Crippen molar-refractivity contribution in [2.24, 2.45) is 11.8 Å². The lowest BCUT2D eigenvalue weighted by atomic mass is 9.99. The zero-order valence-corrected chi connectivity index (χ0v) is 10.1. The van der Waals surface area contributed by atoms with Crippen molar-refractivity contribution in [3.8, 4) is 0 Å². The molecule has 0 aromatic heterocycles. The Morgan fingerprint density at radius 1 is 1.53 bits per heavy atom. The summed E-state index contributed by atoms with van der Waals surface area (Å²) in [6.07, 6.45) is 2.76. The Morgan fingerprint density at radius 2 is 2.20 bits per heavy atom. The summed E-state index contributed by atoms with van der Waals surface area (Å²) in [7, 11) is 0. The first-order valence-corrected chi connectivity index (χ1v) is 5.98. The minimum absolute atomic E-state index is 0.137. The number of hydrogen-bond donors (Lipinski definition) is 1. The molecule has 1 heterocycles. The van der Waals surface area contributed by atoms with E-state index in [4.69, 9.17) is 5.11 Å². The van der Waals surface area contributed by atoms with Crippen LogP contribution in [0.5, 0.6) is 0 Å². The van der Waals surface area contributed by atoms with Crippen LogP contribution in [0.25, 0.3) is 0 Å². The summed E-state index contributed by atoms with van der Waals surface area (Å²) in [6, 6.07) is 0.323. The number of carbonyl (C=O) groups is 1. The lowest BCUT2D eigenvalue weighted by Crippen LogP contribution is -2.35. The third-order valence-corrected chi connectivity index (χ3v) is 3.47. The van der Waals surface area contributed by atoms with E-state index < -0.39 is 0 Å². The van der Waals surface area contributed by atoms with E-state index in [0.717, 1.165) is 19.4 Å². The quantitative estimate of drug-likeness (QED) is 0.754. The Kier molecular flexibility index (Phi) is 4.58. The number of aliphatic hydroxyl groups excluding tert-OH is 1. The molecule has 0 saturated carbocycles. The monoisotopic (exact) mass is 213 g/mol. The minimum Gasteiger partial charge on any atom is -0.396 e. The Hall–Kier alpha value is -0.570. The molecule has 1 aliphatic rings. The molecule has 1 N–H and O–H groups in total. The SMILES string of the molecule is CCC(C)CC(C)N1CC(CO)CC1=O. The predicted octanol–water partition coefficient (Wildman–Crippen LogP) is 1.65. The molecule has 0 bridgehead atoms. The molecule has 0 spiro atoms. The van der Waals surface area contributed by atoms with Gasteiger partial charge >= 0.3 is 0 Å². The Balaban J connectivity index is 2.46. The fourth-order valence-electron chi connectivity index (χ4n) is 2.23. The third-order valence-electron chi connectivity index (χ3n) is 3.47. The summed E-state index contributed by atoms with van der Waals surface area (Å²) in [5.74, 6) is 1.04. The van der Waals surface area contributed by atoms with Crippen molar-refractivity contribution >= 4 is 5.91 Å². The maximum absolute atomic E-state index is 11.7. The molecule has 3 heteroatoms. The van der Waals surface area contributed by atoms with Gasteiger partial charge < -0.3 is 10.0 Å². The van der Waals surface area contributed by atoms with E-state index in [-0.39, 0.29) is 18.4 Å². The van der Waals surface area contributed by atoms with Gasteiger partial charge in [0.25, 0.3) is 0 Å². The maximum Gasteiger partial charge on any atom is 0.223 e. The molecule has 0 radical (unpaired) electrons. The van der Waals surface area contributed by atoms with Gasteiger partial charge in [0.2, 0.25) is 5.91 Å². The predicted molar refractivity (Wildman–Crippen MR) is 60.4 cm³/mol. The molecular weight excluding hydrogens is 190 g/mol. The van der Waals surface area contributed by atoms with Crippen LogP contribution in [0.4, 0.5) is 0 Å². The summed E-state index contributed by atoms with van der Waals surface area (Å²) < 4.78 is 0. The van der Waals surface area contributed by atoms with Gasteiger partial charge in [0.1, 0.15) is 0 Å². The highest BCUT2D eigenvalue weighted by Gasteiger charge is 2.32. The van der Waals surface area contributed by atoms with Gasteiger partial charge in [0.15, 0.2) is 0 Å². The van der Waals surface area contributed by atoms with E-state index in [0.29, 0.717) is 18.4 Å². The molecule has 88 valence electrons. The van der Waals surface area contributed by atoms with Crippen LogP contribution in [0.3, 0.4) is 0 Å². The number of hydrogen-bond acceptors (Lipinski definition) is 2. The van der Waals surface area contributed by atoms with Crippen molar-refractivity contribution in [1.29, 1.82) is 0 Å². The summed E-state index contributed by atoms with van der Waals surface area (Å²) in [6.45, 7) is 7.40. The molecule has 3 nitrogen and oxygen atoms in total. The van der Waals surface area contributed by atoms with Crippen molar-refractivity contribution in [1.82, 2.24) is 4.90 Å². The van der Waals surface area contributed by atoms with E-state index in [1.807, 2.05) is 4.90 Å². The number of carbonyl (C=O) groups excluding carboxylic acids is 1. The van der Waals surface area contributed by atoms with Crippen LogP contribution in [-0.2, 0) is 4.79 Å². The van der Waals surface area contributed by atoms with Crippen molar-refractivity contribution in [3.63, 3.8) is 0 Å². The largest absolute Gasteiger partial charge is 0.396 e. The van der Waals surface area contributed by atoms with Gasteiger partial charge in [-0.15, -0.1) is 0 Å². The molecule has 15 heavy (non-hydrogen) atoms. The number of aliphatic hydroxyl groups is 1. The second-order valence-electron chi connectivity index (χ2n) is 4.90. The van der Waals surface area contributed by atoms with E-state index in [1.54, 1.807) is 0 Å². The highest BCUT2D eigenvalue weighted by Crippen LogP contribution is 2.23. The van der Waals surface area contributed by atoms with Crippen molar-refractivity contribution in [3.05, 3.63) is 0 Å². The first-order valence-electron chi connectivity index (χ1n) is 5.98. The van der Waals surface area contributed by atoms with E-state index in [2.05, 4.69) is 20.8 Å². The average Bonchev–Trinajstić information content (AvgIpc) is 2.59. The van der Waals surface area contributed by atoms with Gasteiger partial charge in [-0.1, -0.05) is 20.3 Å². The fourth-order valence-corrected chi connectivity index (χ4v) is 2.23. The van der Waals surface area contributed by atoms with Gasteiger partial charge in [-0.05, 0) is 19.3 Å². The van der Waals surface area contributed by atoms with Gasteiger partial charge in [-0.3, -0.25) is 4.79 Å². The first kappa shape index (κ1) is 12.5. The minimum atomic E-state index is 0.137. The van der Waals surface area contributed by atoms with E-state index >= 15 is 0 Å². The summed E-state index contributed by atoms with van der Waals surface area (Å²) in [4.78, 5) is 13.6. The highest BCUT2D eigenvalue weighted by atomic mass is 16.3. The van der Waals surface area contributed by atoms with Crippen molar-refractivity contribution in [2.75, 3.05) is 13.2 Å². The number of nitrogens with zero attached hydrogens (tertiary/aromatic N) is 1. The molecular formula is C12H23NO2. The number of likely N-dealkylation sites (tertiary alicyclic amines) is 1. The van der Waals surface area contributed by atoms with Crippen LogP contribution in [0.2, 0.25) is 0 Å². The topological polar surface area (TPSA) is 40.5 Å². The Bertz CT molecular complexity index is 218. The van der Waals surface area contributed by atoms with Crippen LogP contribution in [0.1, 0.15) is 40.0 Å². The molecule has 1 aliphatic heterocycles. The zero-order valence-electron chi connectivity index (χ0n) is 10.1. The normalized spacial score (nSPS) is 25.7. The molecule has 0 aliphatic carbocycles. The lowest BCUT2D eigenvalue weighted by molar-refractivity contribution is -0.129. The molecule has 3 atom stereocenters. The summed E-state index contributed by atoms with van der Waals surface area (Å²) in [5.41, 5.74) is 0. The van der Waals surface area contributed by atoms with Crippen LogP contribution in [-0.4, -0.2) is 35.1 Å². The van der Waals surface area contributed by atoms with Gasteiger partial charge in [0, 0.05) is 31.5 Å². The second kappa shape index (κ2) is 5.50. The molecule has 0 aromatic carbocycles. The van der Waals surface area contributed by atoms with Gasteiger partial charge in [-0.2, -0.15) is 0 Å². The van der Waals surface area contributed by atoms with Crippen molar-refractivity contribution in [2.45, 2.75) is 46.1 Å². The summed E-state index contributed by atoms with van der Waals surface area (Å²) in [5, 5.41) is 9.03. The molecule has 1 saturated heterocycles. The van der Waals surface area contributed by atoms with Crippen LogP contribution < -0.4 is 0 Å². The zero-order chi connectivity index (χ0) is 11.4. The maximum atomic E-state index is 11.7. The number of amides is 1. The lowest BCUT2D eigenvalue weighted by Gasteiger charge is -2.26.